The predicted molar refractivity (Wildman–Crippen MR) is 130 cm³/mol. The van der Waals surface area contributed by atoms with Crippen LogP contribution in [0.4, 0.5) is 11.4 Å². The van der Waals surface area contributed by atoms with E-state index in [2.05, 4.69) is 16.0 Å². The van der Waals surface area contributed by atoms with Crippen molar-refractivity contribution in [3.05, 3.63) is 82.8 Å². The molecule has 0 atom stereocenters. The highest BCUT2D eigenvalue weighted by Gasteiger charge is 2.19. The van der Waals surface area contributed by atoms with Gasteiger partial charge in [-0.2, -0.15) is 0 Å². The quantitative estimate of drug-likeness (QED) is 0.449. The third kappa shape index (κ3) is 5.96. The molecule has 1 aromatic heterocycles. The third-order valence-corrected chi connectivity index (χ3v) is 5.73. The zero-order valence-electron chi connectivity index (χ0n) is 18.5. The first-order valence-corrected chi connectivity index (χ1v) is 11.4. The fourth-order valence-corrected chi connectivity index (χ4v) is 3.84. The summed E-state index contributed by atoms with van der Waals surface area (Å²) in [6.45, 7) is 1.95. The zero-order valence-corrected chi connectivity index (χ0v) is 19.2. The number of nitrogens with one attached hydrogen (secondary N) is 3. The van der Waals surface area contributed by atoms with E-state index in [9.17, 15) is 14.4 Å². The van der Waals surface area contributed by atoms with Crippen LogP contribution in [0.25, 0.3) is 0 Å². The second kappa shape index (κ2) is 10.9. The molecular weight excluding hydrogens is 456 g/mol. The number of benzene rings is 2. The molecule has 9 heteroatoms. The van der Waals surface area contributed by atoms with Crippen molar-refractivity contribution in [2.45, 2.75) is 19.4 Å². The minimum Gasteiger partial charge on any atom is -0.459 e. The molecule has 1 fully saturated rings. The Hall–Kier alpha value is -3.78. The average Bonchev–Trinajstić information content (AvgIpc) is 3.57. The van der Waals surface area contributed by atoms with Crippen molar-refractivity contribution in [2.24, 2.45) is 0 Å². The number of hydrogen-bond donors (Lipinski definition) is 3. The smallest absolute Gasteiger partial charge is 0.291 e. The molecule has 1 aliphatic heterocycles. The first-order valence-electron chi connectivity index (χ1n) is 11.0. The number of rotatable bonds is 8. The Morgan fingerprint density at radius 1 is 0.971 bits per heavy atom. The van der Waals surface area contributed by atoms with E-state index in [1.807, 2.05) is 17.0 Å². The Bertz CT molecular complexity index is 1160. The number of furan rings is 1. The lowest BCUT2D eigenvalue weighted by molar-refractivity contribution is -0.119. The van der Waals surface area contributed by atoms with Gasteiger partial charge in [0.1, 0.15) is 0 Å². The maximum Gasteiger partial charge on any atom is 0.291 e. The normalized spacial score (nSPS) is 12.9. The highest BCUT2D eigenvalue weighted by Crippen LogP contribution is 2.26. The maximum atomic E-state index is 12.4. The lowest BCUT2D eigenvalue weighted by atomic mass is 10.1. The molecule has 0 saturated carbocycles. The van der Waals surface area contributed by atoms with E-state index in [-0.39, 0.29) is 24.1 Å². The van der Waals surface area contributed by atoms with Crippen LogP contribution in [-0.4, -0.2) is 42.3 Å². The molecule has 0 bridgehead atoms. The molecule has 3 amide bonds. The number of anilines is 2. The molecule has 1 aliphatic rings. The van der Waals surface area contributed by atoms with Crippen molar-refractivity contribution in [3.8, 4) is 0 Å². The van der Waals surface area contributed by atoms with Crippen LogP contribution in [0.3, 0.4) is 0 Å². The predicted octanol–water partition coefficient (Wildman–Crippen LogP) is 4.15. The summed E-state index contributed by atoms with van der Waals surface area (Å²) >= 11 is 6.07. The van der Waals surface area contributed by atoms with Crippen LogP contribution in [0, 0.1) is 0 Å². The van der Waals surface area contributed by atoms with E-state index in [1.165, 1.54) is 6.26 Å². The summed E-state index contributed by atoms with van der Waals surface area (Å²) in [4.78, 5) is 39.0. The fraction of sp³-hybridized carbons (Fsp3) is 0.240. The molecule has 8 nitrogen and oxygen atoms in total. The van der Waals surface area contributed by atoms with Crippen LogP contribution in [-0.2, 0) is 11.3 Å². The summed E-state index contributed by atoms with van der Waals surface area (Å²) < 4.78 is 5.11. The minimum absolute atomic E-state index is 0.00319. The van der Waals surface area contributed by atoms with E-state index < -0.39 is 5.91 Å². The van der Waals surface area contributed by atoms with Crippen LogP contribution >= 0.6 is 11.6 Å². The standard InChI is InChI=1S/C25H25ClN4O4/c26-19-9-10-20(21(14-19)29-24(32)22-4-3-13-34-22)27-16-23(31)28-15-17-5-7-18(8-6-17)25(33)30-11-1-2-12-30/h3-10,13-14,27H,1-2,11-12,15-16H2,(H,28,31)(H,29,32). The number of amides is 3. The molecule has 3 aromatic rings. The van der Waals surface area contributed by atoms with Crippen molar-refractivity contribution in [1.82, 2.24) is 10.2 Å². The molecule has 2 heterocycles. The maximum absolute atomic E-state index is 12.4. The van der Waals surface area contributed by atoms with Gasteiger partial charge in [0.25, 0.3) is 11.8 Å². The molecule has 4 rings (SSSR count). The van der Waals surface area contributed by atoms with Crippen LogP contribution in [0.15, 0.2) is 65.3 Å². The molecule has 3 N–H and O–H groups in total. The Morgan fingerprint density at radius 3 is 2.44 bits per heavy atom. The minimum atomic E-state index is -0.425. The SMILES string of the molecule is O=C(CNc1ccc(Cl)cc1NC(=O)c1ccco1)NCc1ccc(C(=O)N2CCCC2)cc1. The summed E-state index contributed by atoms with van der Waals surface area (Å²) in [6.07, 6.45) is 3.52. The fourth-order valence-electron chi connectivity index (χ4n) is 3.67. The number of hydrogen-bond acceptors (Lipinski definition) is 5. The average molecular weight is 481 g/mol. The molecule has 0 aliphatic carbocycles. The summed E-state index contributed by atoms with van der Waals surface area (Å²) in [6, 6.07) is 15.4. The number of carbonyl (C=O) groups is 3. The topological polar surface area (TPSA) is 104 Å². The van der Waals surface area contributed by atoms with Gasteiger partial charge in [0, 0.05) is 30.2 Å². The molecular formula is C25H25ClN4O4. The van der Waals surface area contributed by atoms with Gasteiger partial charge in [0.15, 0.2) is 5.76 Å². The van der Waals surface area contributed by atoms with Crippen LogP contribution in [0.1, 0.15) is 39.3 Å². The van der Waals surface area contributed by atoms with Gasteiger partial charge in [0.2, 0.25) is 5.91 Å². The lowest BCUT2D eigenvalue weighted by Crippen LogP contribution is -2.30. The second-order valence-corrected chi connectivity index (χ2v) is 8.38. The monoisotopic (exact) mass is 480 g/mol. The van der Waals surface area contributed by atoms with Crippen molar-refractivity contribution >= 4 is 40.7 Å². The van der Waals surface area contributed by atoms with Gasteiger partial charge < -0.3 is 25.3 Å². The highest BCUT2D eigenvalue weighted by atomic mass is 35.5. The zero-order chi connectivity index (χ0) is 23.9. The molecule has 34 heavy (non-hydrogen) atoms. The molecule has 0 radical (unpaired) electrons. The van der Waals surface area contributed by atoms with Gasteiger partial charge in [-0.3, -0.25) is 14.4 Å². The van der Waals surface area contributed by atoms with Gasteiger partial charge in [-0.25, -0.2) is 0 Å². The summed E-state index contributed by atoms with van der Waals surface area (Å²) in [5, 5.41) is 9.03. The van der Waals surface area contributed by atoms with E-state index in [0.717, 1.165) is 31.5 Å². The molecule has 1 saturated heterocycles. The van der Waals surface area contributed by atoms with Crippen LogP contribution in [0.5, 0.6) is 0 Å². The molecule has 176 valence electrons. The molecule has 0 spiro atoms. The van der Waals surface area contributed by atoms with Crippen LogP contribution < -0.4 is 16.0 Å². The summed E-state index contributed by atoms with van der Waals surface area (Å²) in [7, 11) is 0. The number of halogens is 1. The van der Waals surface area contributed by atoms with Crippen molar-refractivity contribution < 1.29 is 18.8 Å². The van der Waals surface area contributed by atoms with Gasteiger partial charge in [-0.05, 0) is 60.9 Å². The number of nitrogens with zero attached hydrogens (tertiary/aromatic N) is 1. The number of likely N-dealkylation sites (tertiary alicyclic amines) is 1. The van der Waals surface area contributed by atoms with E-state index in [0.29, 0.717) is 28.5 Å². The van der Waals surface area contributed by atoms with E-state index in [4.69, 9.17) is 16.0 Å². The molecule has 2 aromatic carbocycles. The van der Waals surface area contributed by atoms with Gasteiger partial charge >= 0.3 is 0 Å². The van der Waals surface area contributed by atoms with E-state index >= 15 is 0 Å². The van der Waals surface area contributed by atoms with Crippen molar-refractivity contribution in [3.63, 3.8) is 0 Å². The van der Waals surface area contributed by atoms with Crippen molar-refractivity contribution in [2.75, 3.05) is 30.3 Å². The Balaban J connectivity index is 1.28. The Morgan fingerprint density at radius 2 is 1.74 bits per heavy atom. The molecule has 0 unspecified atom stereocenters. The Kier molecular flexibility index (Phi) is 7.49. The van der Waals surface area contributed by atoms with E-state index in [1.54, 1.807) is 42.5 Å². The summed E-state index contributed by atoms with van der Waals surface area (Å²) in [5.74, 6) is -0.436. The van der Waals surface area contributed by atoms with Crippen LogP contribution in [0.2, 0.25) is 5.02 Å². The summed E-state index contributed by atoms with van der Waals surface area (Å²) in [5.41, 5.74) is 2.53. The van der Waals surface area contributed by atoms with Gasteiger partial charge in [-0.1, -0.05) is 23.7 Å². The third-order valence-electron chi connectivity index (χ3n) is 5.50. The van der Waals surface area contributed by atoms with Gasteiger partial charge in [0.05, 0.1) is 24.2 Å². The highest BCUT2D eigenvalue weighted by molar-refractivity contribution is 6.31. The van der Waals surface area contributed by atoms with Crippen molar-refractivity contribution in [1.29, 1.82) is 0 Å². The van der Waals surface area contributed by atoms with Gasteiger partial charge in [-0.15, -0.1) is 0 Å². The Labute approximate surface area is 202 Å². The number of carbonyl (C=O) groups excluding carboxylic acids is 3. The first-order chi connectivity index (χ1) is 16.5. The first kappa shape index (κ1) is 23.4. The second-order valence-electron chi connectivity index (χ2n) is 7.95. The largest absolute Gasteiger partial charge is 0.459 e. The lowest BCUT2D eigenvalue weighted by Gasteiger charge is -2.15.